The highest BCUT2D eigenvalue weighted by Gasteiger charge is 2.18. The maximum atomic E-state index is 10.8. The highest BCUT2D eigenvalue weighted by molar-refractivity contribution is 5.91. The van der Waals surface area contributed by atoms with E-state index in [1.165, 1.54) is 0 Å². The van der Waals surface area contributed by atoms with Crippen LogP contribution in [-0.4, -0.2) is 32.0 Å². The molecule has 182 valence electrons. The number of phenolic OH excluding ortho intramolecular Hbond substituents is 1. The number of aromatic hydroxyl groups is 1. The molecule has 2 heterocycles. The summed E-state index contributed by atoms with van der Waals surface area (Å²) in [6.07, 6.45) is 1.76. The summed E-state index contributed by atoms with van der Waals surface area (Å²) in [5, 5.41) is 32.8. The lowest BCUT2D eigenvalue weighted by molar-refractivity contribution is 0.276. The minimum atomic E-state index is -0.275. The van der Waals surface area contributed by atoms with E-state index in [0.29, 0.717) is 17.2 Å². The number of aliphatic hydroxyl groups is 1. The molecule has 36 heavy (non-hydrogen) atoms. The number of aliphatic hydroxyl groups excluding tert-OH is 1. The number of benzene rings is 3. The Balaban J connectivity index is 1.66. The first-order valence-corrected chi connectivity index (χ1v) is 12.2. The van der Waals surface area contributed by atoms with E-state index < -0.39 is 0 Å². The average Bonchev–Trinajstić information content (AvgIpc) is 3.28. The Hall–Kier alpha value is -4.16. The van der Waals surface area contributed by atoms with Crippen molar-refractivity contribution in [3.8, 4) is 28.1 Å². The predicted octanol–water partition coefficient (Wildman–Crippen LogP) is 6.57. The fourth-order valence-electron chi connectivity index (χ4n) is 4.51. The van der Waals surface area contributed by atoms with Gasteiger partial charge < -0.3 is 15.5 Å². The van der Waals surface area contributed by atoms with Gasteiger partial charge in [-0.15, -0.1) is 0 Å². The van der Waals surface area contributed by atoms with Crippen molar-refractivity contribution in [2.24, 2.45) is 0 Å². The van der Waals surface area contributed by atoms with Gasteiger partial charge in [0.05, 0.1) is 41.4 Å². The van der Waals surface area contributed by atoms with E-state index in [0.717, 1.165) is 44.5 Å². The minimum Gasteiger partial charge on any atom is -0.507 e. The second-order valence-electron chi connectivity index (χ2n) is 9.41. The Morgan fingerprint density at radius 3 is 2.47 bits per heavy atom. The van der Waals surface area contributed by atoms with Crippen molar-refractivity contribution in [1.82, 2.24) is 15.2 Å². The highest BCUT2D eigenvalue weighted by atomic mass is 16.3. The summed E-state index contributed by atoms with van der Waals surface area (Å²) in [5.41, 5.74) is 8.01. The zero-order valence-electron chi connectivity index (χ0n) is 20.7. The van der Waals surface area contributed by atoms with Crippen molar-refractivity contribution in [2.45, 2.75) is 32.7 Å². The van der Waals surface area contributed by atoms with E-state index in [9.17, 15) is 10.2 Å². The molecular weight excluding hydrogens is 448 g/mol. The summed E-state index contributed by atoms with van der Waals surface area (Å²) in [7, 11) is 0. The van der Waals surface area contributed by atoms with Crippen LogP contribution >= 0.6 is 0 Å². The van der Waals surface area contributed by atoms with Crippen LogP contribution in [0.15, 0.2) is 79.0 Å². The second kappa shape index (κ2) is 9.84. The number of fused-ring (bicyclic) bond motifs is 1. The molecule has 2 aromatic heterocycles. The fourth-order valence-corrected chi connectivity index (χ4v) is 4.51. The molecule has 6 heteroatoms. The molecule has 0 aliphatic rings. The molecule has 0 spiro atoms. The number of aromatic amines is 1. The van der Waals surface area contributed by atoms with Gasteiger partial charge in [0.25, 0.3) is 0 Å². The molecule has 1 atom stereocenters. The van der Waals surface area contributed by atoms with E-state index in [1.54, 1.807) is 12.3 Å². The lowest BCUT2D eigenvalue weighted by atomic mass is 9.94. The van der Waals surface area contributed by atoms with Gasteiger partial charge in [-0.2, -0.15) is 5.10 Å². The normalized spacial score (nSPS) is 12.2. The van der Waals surface area contributed by atoms with E-state index in [4.69, 9.17) is 4.98 Å². The average molecular weight is 479 g/mol. The van der Waals surface area contributed by atoms with Gasteiger partial charge in [-0.25, -0.2) is 0 Å². The van der Waals surface area contributed by atoms with Crippen molar-refractivity contribution in [3.63, 3.8) is 0 Å². The first kappa shape index (κ1) is 23.6. The largest absolute Gasteiger partial charge is 0.507 e. The Bertz CT molecular complexity index is 1510. The number of H-pyrrole nitrogens is 1. The number of pyridine rings is 1. The Morgan fingerprint density at radius 2 is 1.72 bits per heavy atom. The third-order valence-corrected chi connectivity index (χ3v) is 6.62. The number of anilines is 1. The van der Waals surface area contributed by atoms with Crippen LogP contribution < -0.4 is 5.32 Å². The molecule has 0 radical (unpaired) electrons. The van der Waals surface area contributed by atoms with Gasteiger partial charge in [-0.3, -0.25) is 10.1 Å². The van der Waals surface area contributed by atoms with Crippen LogP contribution in [0, 0.1) is 6.92 Å². The minimum absolute atomic E-state index is 0.0571. The number of nitrogens with zero attached hydrogens (tertiary/aromatic N) is 2. The molecule has 0 saturated heterocycles. The third-order valence-electron chi connectivity index (χ3n) is 6.62. The van der Waals surface area contributed by atoms with Crippen molar-refractivity contribution in [2.75, 3.05) is 11.9 Å². The summed E-state index contributed by atoms with van der Waals surface area (Å²) in [6.45, 7) is 6.18. The molecule has 5 rings (SSSR count). The van der Waals surface area contributed by atoms with Gasteiger partial charge in [0.2, 0.25) is 0 Å². The van der Waals surface area contributed by atoms with E-state index >= 15 is 0 Å². The van der Waals surface area contributed by atoms with Crippen molar-refractivity contribution in [1.29, 1.82) is 0 Å². The topological polar surface area (TPSA) is 94.1 Å². The SMILES string of the molecule is Cc1n[nH]c2ccc(-c3cc(NC(CO)c4ccccc4)cnc3-c3cc(C(C)C)ccc3O)cc12. The Labute approximate surface area is 210 Å². The summed E-state index contributed by atoms with van der Waals surface area (Å²) in [5.74, 6) is 0.502. The smallest absolute Gasteiger partial charge is 0.125 e. The van der Waals surface area contributed by atoms with E-state index in [2.05, 4.69) is 35.4 Å². The second-order valence-corrected chi connectivity index (χ2v) is 9.41. The number of hydrogen-bond acceptors (Lipinski definition) is 5. The highest BCUT2D eigenvalue weighted by Crippen LogP contribution is 2.39. The zero-order chi connectivity index (χ0) is 25.2. The van der Waals surface area contributed by atoms with Crippen LogP contribution in [-0.2, 0) is 0 Å². The van der Waals surface area contributed by atoms with E-state index in [-0.39, 0.29) is 18.4 Å². The van der Waals surface area contributed by atoms with Crippen molar-refractivity contribution >= 4 is 16.6 Å². The number of phenols is 1. The number of aromatic nitrogens is 3. The van der Waals surface area contributed by atoms with Crippen LogP contribution in [0.4, 0.5) is 5.69 Å². The van der Waals surface area contributed by atoms with Gasteiger partial charge in [-0.1, -0.05) is 56.3 Å². The maximum Gasteiger partial charge on any atom is 0.125 e. The van der Waals surface area contributed by atoms with Crippen molar-refractivity contribution < 1.29 is 10.2 Å². The molecule has 6 nitrogen and oxygen atoms in total. The van der Waals surface area contributed by atoms with Crippen LogP contribution in [0.3, 0.4) is 0 Å². The van der Waals surface area contributed by atoms with Crippen LogP contribution in [0.2, 0.25) is 0 Å². The van der Waals surface area contributed by atoms with Crippen LogP contribution in [0.25, 0.3) is 33.3 Å². The molecule has 0 amide bonds. The number of rotatable bonds is 7. The summed E-state index contributed by atoms with van der Waals surface area (Å²) >= 11 is 0. The quantitative estimate of drug-likeness (QED) is 0.212. The van der Waals surface area contributed by atoms with Crippen molar-refractivity contribution in [3.05, 3.63) is 95.8 Å². The summed E-state index contributed by atoms with van der Waals surface area (Å²) in [4.78, 5) is 4.83. The van der Waals surface area contributed by atoms with Gasteiger partial charge in [0, 0.05) is 16.5 Å². The molecule has 0 saturated carbocycles. The molecular formula is C30H30N4O2. The molecule has 1 unspecified atom stereocenters. The standard InChI is InChI=1S/C30H30N4O2/c1-18(2)21-10-12-29(36)26(13-21)30-25(22-9-11-27-24(14-22)19(3)33-34-27)15-23(16-31-30)32-28(17-35)20-7-5-4-6-8-20/h4-16,18,28,32,35-36H,17H2,1-3H3,(H,33,34). The number of aryl methyl sites for hydroxylation is 1. The van der Waals surface area contributed by atoms with Crippen LogP contribution in [0.5, 0.6) is 5.75 Å². The Morgan fingerprint density at radius 1 is 0.917 bits per heavy atom. The fraction of sp³-hybridized carbons (Fsp3) is 0.200. The molecule has 0 aliphatic carbocycles. The first-order valence-electron chi connectivity index (χ1n) is 12.2. The molecule has 0 fully saturated rings. The maximum absolute atomic E-state index is 10.8. The molecule has 3 aromatic carbocycles. The molecule has 0 bridgehead atoms. The monoisotopic (exact) mass is 478 g/mol. The summed E-state index contributed by atoms with van der Waals surface area (Å²) < 4.78 is 0. The molecule has 0 aliphatic heterocycles. The van der Waals surface area contributed by atoms with Gasteiger partial charge in [-0.05, 0) is 59.9 Å². The van der Waals surface area contributed by atoms with Gasteiger partial charge in [0.1, 0.15) is 5.75 Å². The Kier molecular flexibility index (Phi) is 6.44. The van der Waals surface area contributed by atoms with E-state index in [1.807, 2.05) is 67.6 Å². The predicted molar refractivity (Wildman–Crippen MR) is 145 cm³/mol. The van der Waals surface area contributed by atoms with Gasteiger partial charge in [0.15, 0.2) is 0 Å². The van der Waals surface area contributed by atoms with Crippen LogP contribution in [0.1, 0.15) is 42.6 Å². The zero-order valence-corrected chi connectivity index (χ0v) is 20.7. The van der Waals surface area contributed by atoms with Gasteiger partial charge >= 0.3 is 0 Å². The lowest BCUT2D eigenvalue weighted by Gasteiger charge is -2.20. The first-order chi connectivity index (χ1) is 17.4. The number of nitrogens with one attached hydrogen (secondary N) is 2. The third kappa shape index (κ3) is 4.55. The number of hydrogen-bond donors (Lipinski definition) is 4. The molecule has 5 aromatic rings. The lowest BCUT2D eigenvalue weighted by Crippen LogP contribution is -2.15. The molecule has 4 N–H and O–H groups in total. The summed E-state index contributed by atoms with van der Waals surface area (Å²) in [6, 6.07) is 23.5.